The van der Waals surface area contributed by atoms with Crippen molar-refractivity contribution in [1.29, 1.82) is 0 Å². The lowest BCUT2D eigenvalue weighted by Crippen LogP contribution is -2.56. The molecule has 20 heavy (non-hydrogen) atoms. The topological polar surface area (TPSA) is 50.5 Å². The molecule has 2 heterocycles. The average molecular weight is 296 g/mol. The highest BCUT2D eigenvalue weighted by atomic mass is 35.5. The number of benzene rings is 1. The standard InChI is InChI=1S/C15H22ClN3O/c16-13-6-2-1-4-11(13)8-14(18-17)15-9-19-7-3-5-12(19)10-20-15/h1-2,4,6,12,14-15,18H,3,5,7-10,17H2. The molecule has 2 fully saturated rings. The van der Waals surface area contributed by atoms with Crippen molar-refractivity contribution in [2.45, 2.75) is 37.5 Å². The molecule has 2 saturated heterocycles. The van der Waals surface area contributed by atoms with Gasteiger partial charge in [-0.15, -0.1) is 0 Å². The van der Waals surface area contributed by atoms with Gasteiger partial charge in [0.05, 0.1) is 18.8 Å². The van der Waals surface area contributed by atoms with E-state index in [-0.39, 0.29) is 12.1 Å². The number of hydrazine groups is 1. The van der Waals surface area contributed by atoms with Gasteiger partial charge in [-0.3, -0.25) is 16.2 Å². The van der Waals surface area contributed by atoms with Crippen LogP contribution >= 0.6 is 11.6 Å². The SMILES string of the molecule is NNC(Cc1ccccc1Cl)C1CN2CCCC2CO1. The Morgan fingerprint density at radius 3 is 3.10 bits per heavy atom. The van der Waals surface area contributed by atoms with E-state index in [0.717, 1.165) is 30.2 Å². The number of hydrogen-bond acceptors (Lipinski definition) is 4. The van der Waals surface area contributed by atoms with Gasteiger partial charge in [0, 0.05) is 17.6 Å². The average Bonchev–Trinajstić information content (AvgIpc) is 2.94. The Morgan fingerprint density at radius 1 is 1.45 bits per heavy atom. The number of nitrogens with one attached hydrogen (secondary N) is 1. The number of nitrogens with zero attached hydrogens (tertiary/aromatic N) is 1. The molecular formula is C15H22ClN3O. The zero-order chi connectivity index (χ0) is 13.9. The predicted molar refractivity (Wildman–Crippen MR) is 80.6 cm³/mol. The second-order valence-corrected chi connectivity index (χ2v) is 6.14. The number of nitrogens with two attached hydrogens (primary N) is 1. The summed E-state index contributed by atoms with van der Waals surface area (Å²) in [4.78, 5) is 2.53. The van der Waals surface area contributed by atoms with Gasteiger partial charge < -0.3 is 4.74 Å². The second-order valence-electron chi connectivity index (χ2n) is 5.73. The van der Waals surface area contributed by atoms with Crippen LogP contribution < -0.4 is 11.3 Å². The third kappa shape index (κ3) is 3.00. The minimum Gasteiger partial charge on any atom is -0.374 e. The van der Waals surface area contributed by atoms with Crippen molar-refractivity contribution in [1.82, 2.24) is 10.3 Å². The minimum absolute atomic E-state index is 0.0939. The maximum Gasteiger partial charge on any atom is 0.0872 e. The third-order valence-electron chi connectivity index (χ3n) is 4.48. The number of rotatable bonds is 4. The molecule has 0 amide bonds. The molecule has 0 bridgehead atoms. The van der Waals surface area contributed by atoms with Gasteiger partial charge in [-0.1, -0.05) is 29.8 Å². The van der Waals surface area contributed by atoms with Gasteiger partial charge in [0.15, 0.2) is 0 Å². The first-order valence-electron chi connectivity index (χ1n) is 7.33. The highest BCUT2D eigenvalue weighted by Gasteiger charge is 2.35. The Morgan fingerprint density at radius 2 is 2.30 bits per heavy atom. The van der Waals surface area contributed by atoms with Crippen LogP contribution in [0.3, 0.4) is 0 Å². The van der Waals surface area contributed by atoms with E-state index in [1.807, 2.05) is 24.3 Å². The minimum atomic E-state index is 0.0939. The Kier molecular flexibility index (Phi) is 4.58. The van der Waals surface area contributed by atoms with Crippen LogP contribution in [0.1, 0.15) is 18.4 Å². The maximum absolute atomic E-state index is 6.23. The van der Waals surface area contributed by atoms with Crippen LogP contribution in [-0.4, -0.2) is 42.8 Å². The molecule has 0 spiro atoms. The Balaban J connectivity index is 1.66. The fraction of sp³-hybridized carbons (Fsp3) is 0.600. The molecular weight excluding hydrogens is 274 g/mol. The summed E-state index contributed by atoms with van der Waals surface area (Å²) < 4.78 is 6.03. The first kappa shape index (κ1) is 14.3. The lowest BCUT2D eigenvalue weighted by Gasteiger charge is -2.38. The van der Waals surface area contributed by atoms with Gasteiger partial charge in [-0.25, -0.2) is 0 Å². The van der Waals surface area contributed by atoms with Crippen LogP contribution in [0.25, 0.3) is 0 Å². The number of hydrogen-bond donors (Lipinski definition) is 2. The zero-order valence-corrected chi connectivity index (χ0v) is 12.4. The quantitative estimate of drug-likeness (QED) is 0.654. The third-order valence-corrected chi connectivity index (χ3v) is 4.85. The van der Waals surface area contributed by atoms with Crippen LogP contribution in [0.5, 0.6) is 0 Å². The second kappa shape index (κ2) is 6.41. The molecule has 3 rings (SSSR count). The van der Waals surface area contributed by atoms with E-state index >= 15 is 0 Å². The summed E-state index contributed by atoms with van der Waals surface area (Å²) in [6, 6.07) is 8.63. The molecule has 3 atom stereocenters. The van der Waals surface area contributed by atoms with Crippen molar-refractivity contribution in [3.05, 3.63) is 34.9 Å². The molecule has 4 nitrogen and oxygen atoms in total. The van der Waals surface area contributed by atoms with Crippen molar-refractivity contribution < 1.29 is 4.74 Å². The van der Waals surface area contributed by atoms with E-state index in [1.54, 1.807) is 0 Å². The van der Waals surface area contributed by atoms with E-state index in [9.17, 15) is 0 Å². The summed E-state index contributed by atoms with van der Waals surface area (Å²) in [5.41, 5.74) is 4.03. The molecule has 1 aromatic carbocycles. The Labute approximate surface area is 125 Å². The van der Waals surface area contributed by atoms with Gasteiger partial charge in [-0.05, 0) is 37.4 Å². The molecule has 110 valence electrons. The summed E-state index contributed by atoms with van der Waals surface area (Å²) in [5.74, 6) is 5.75. The van der Waals surface area contributed by atoms with Crippen LogP contribution in [0.2, 0.25) is 5.02 Å². The van der Waals surface area contributed by atoms with Crippen molar-refractivity contribution in [2.24, 2.45) is 5.84 Å². The monoisotopic (exact) mass is 295 g/mol. The molecule has 0 saturated carbocycles. The maximum atomic E-state index is 6.23. The van der Waals surface area contributed by atoms with E-state index in [4.69, 9.17) is 22.2 Å². The molecule has 0 radical (unpaired) electrons. The first-order valence-corrected chi connectivity index (χ1v) is 7.71. The van der Waals surface area contributed by atoms with Crippen LogP contribution in [-0.2, 0) is 11.2 Å². The highest BCUT2D eigenvalue weighted by molar-refractivity contribution is 6.31. The molecule has 5 heteroatoms. The molecule has 2 aliphatic rings. The van der Waals surface area contributed by atoms with Crippen molar-refractivity contribution >= 4 is 11.6 Å². The molecule has 1 aromatic rings. The van der Waals surface area contributed by atoms with Gasteiger partial charge in [0.1, 0.15) is 0 Å². The van der Waals surface area contributed by atoms with Crippen LogP contribution in [0, 0.1) is 0 Å². The Bertz CT molecular complexity index is 456. The molecule has 3 unspecified atom stereocenters. The van der Waals surface area contributed by atoms with E-state index in [1.165, 1.54) is 19.4 Å². The van der Waals surface area contributed by atoms with Crippen molar-refractivity contribution in [3.63, 3.8) is 0 Å². The lowest BCUT2D eigenvalue weighted by atomic mass is 10.00. The molecule has 0 aromatic heterocycles. The van der Waals surface area contributed by atoms with Crippen molar-refractivity contribution in [3.8, 4) is 0 Å². The molecule has 3 N–H and O–H groups in total. The summed E-state index contributed by atoms with van der Waals surface area (Å²) >= 11 is 6.23. The van der Waals surface area contributed by atoms with Crippen LogP contribution in [0.4, 0.5) is 0 Å². The van der Waals surface area contributed by atoms with E-state index in [0.29, 0.717) is 6.04 Å². The largest absolute Gasteiger partial charge is 0.374 e. The number of fused-ring (bicyclic) bond motifs is 1. The summed E-state index contributed by atoms with van der Waals surface area (Å²) in [6.45, 7) is 2.98. The molecule has 0 aliphatic carbocycles. The van der Waals surface area contributed by atoms with Gasteiger partial charge in [-0.2, -0.15) is 0 Å². The van der Waals surface area contributed by atoms with Gasteiger partial charge in [0.25, 0.3) is 0 Å². The number of morpholine rings is 1. The van der Waals surface area contributed by atoms with Crippen LogP contribution in [0.15, 0.2) is 24.3 Å². The van der Waals surface area contributed by atoms with E-state index < -0.39 is 0 Å². The summed E-state index contributed by atoms with van der Waals surface area (Å²) in [5, 5.41) is 0.794. The zero-order valence-electron chi connectivity index (χ0n) is 11.6. The number of halogens is 1. The summed E-state index contributed by atoms with van der Waals surface area (Å²) in [6.07, 6.45) is 3.47. The number of ether oxygens (including phenoxy) is 1. The highest BCUT2D eigenvalue weighted by Crippen LogP contribution is 2.25. The Hall–Kier alpha value is -0.650. The van der Waals surface area contributed by atoms with Gasteiger partial charge in [0.2, 0.25) is 0 Å². The predicted octanol–water partition coefficient (Wildman–Crippen LogP) is 1.58. The van der Waals surface area contributed by atoms with E-state index in [2.05, 4.69) is 10.3 Å². The fourth-order valence-corrected chi connectivity index (χ4v) is 3.50. The smallest absolute Gasteiger partial charge is 0.0872 e. The molecule has 2 aliphatic heterocycles. The lowest BCUT2D eigenvalue weighted by molar-refractivity contribution is -0.0644. The van der Waals surface area contributed by atoms with Crippen molar-refractivity contribution in [2.75, 3.05) is 19.7 Å². The fourth-order valence-electron chi connectivity index (χ4n) is 3.28. The first-order chi connectivity index (χ1) is 9.78. The normalized spacial score (nSPS) is 28.3. The van der Waals surface area contributed by atoms with Gasteiger partial charge >= 0.3 is 0 Å². The summed E-state index contributed by atoms with van der Waals surface area (Å²) in [7, 11) is 0.